The van der Waals surface area contributed by atoms with Gasteiger partial charge < -0.3 is 25.2 Å². The van der Waals surface area contributed by atoms with Gasteiger partial charge in [0.15, 0.2) is 0 Å². The normalized spacial score (nSPS) is 22.8. The van der Waals surface area contributed by atoms with Crippen LogP contribution in [-0.4, -0.2) is 74.4 Å². The smallest absolute Gasteiger partial charge is 0.309 e. The molecule has 8 heteroatoms. The van der Waals surface area contributed by atoms with Crippen LogP contribution in [0.25, 0.3) is 0 Å². The lowest BCUT2D eigenvalue weighted by atomic mass is 9.88. The van der Waals surface area contributed by atoms with Gasteiger partial charge in [0, 0.05) is 38.2 Å². The Morgan fingerprint density at radius 3 is 2.65 bits per heavy atom. The molecule has 0 aromatic heterocycles. The summed E-state index contributed by atoms with van der Waals surface area (Å²) >= 11 is 0. The molecule has 142 valence electrons. The summed E-state index contributed by atoms with van der Waals surface area (Å²) in [7, 11) is 0. The van der Waals surface area contributed by atoms with Crippen LogP contribution in [0, 0.1) is 0 Å². The van der Waals surface area contributed by atoms with E-state index in [1.807, 2.05) is 6.07 Å². The van der Waals surface area contributed by atoms with Crippen molar-refractivity contribution in [1.82, 2.24) is 15.5 Å². The average molecular weight is 363 g/mol. The van der Waals surface area contributed by atoms with Crippen molar-refractivity contribution in [3.05, 3.63) is 29.8 Å². The van der Waals surface area contributed by atoms with Crippen molar-refractivity contribution in [2.24, 2.45) is 0 Å². The van der Waals surface area contributed by atoms with Gasteiger partial charge in [-0.1, -0.05) is 18.2 Å². The van der Waals surface area contributed by atoms with Crippen LogP contribution in [0.5, 0.6) is 5.75 Å². The van der Waals surface area contributed by atoms with Gasteiger partial charge in [0.2, 0.25) is 0 Å². The van der Waals surface area contributed by atoms with Crippen LogP contribution in [0.2, 0.25) is 0 Å². The molecule has 0 saturated carbocycles. The van der Waals surface area contributed by atoms with Gasteiger partial charge in [-0.2, -0.15) is 0 Å². The van der Waals surface area contributed by atoms with Crippen LogP contribution >= 0.6 is 0 Å². The fourth-order valence-corrected chi connectivity index (χ4v) is 3.16. The van der Waals surface area contributed by atoms with Crippen molar-refractivity contribution in [3.63, 3.8) is 0 Å². The summed E-state index contributed by atoms with van der Waals surface area (Å²) in [6.45, 7) is 4.44. The van der Waals surface area contributed by atoms with E-state index in [0.717, 1.165) is 13.1 Å². The fraction of sp³-hybridized carbons (Fsp3) is 0.556. The number of rotatable bonds is 5. The Hall–Kier alpha value is -2.16. The molecule has 0 aliphatic carbocycles. The molecule has 2 aliphatic rings. The second-order valence-electron chi connectivity index (χ2n) is 6.52. The summed E-state index contributed by atoms with van der Waals surface area (Å²) in [6, 6.07) is 7.17. The Labute approximate surface area is 152 Å². The van der Waals surface area contributed by atoms with E-state index in [2.05, 4.69) is 15.5 Å². The Kier molecular flexibility index (Phi) is 6.08. The quantitative estimate of drug-likeness (QED) is 0.594. The standard InChI is InChI=1S/C18H25N3O5/c22-16(19-6-7-21-8-11-25-12-9-21)17(23)20-13-18(24)5-10-26-15-4-2-1-3-14(15)18/h1-4,24H,5-13H2,(H,19,22)(H,20,23). The minimum atomic E-state index is -1.24. The molecule has 2 aliphatic heterocycles. The Balaban J connectivity index is 1.45. The van der Waals surface area contributed by atoms with Crippen LogP contribution in [0.4, 0.5) is 0 Å². The van der Waals surface area contributed by atoms with E-state index in [1.165, 1.54) is 0 Å². The number of aliphatic hydroxyl groups is 1. The first kappa shape index (κ1) is 18.6. The van der Waals surface area contributed by atoms with Crippen molar-refractivity contribution in [1.29, 1.82) is 0 Å². The third-order valence-electron chi connectivity index (χ3n) is 4.73. The summed E-state index contributed by atoms with van der Waals surface area (Å²) in [4.78, 5) is 26.1. The zero-order chi connectivity index (χ0) is 18.4. The molecular weight excluding hydrogens is 338 g/mol. The van der Waals surface area contributed by atoms with Gasteiger partial charge in [0.25, 0.3) is 0 Å². The number of carbonyl (C=O) groups is 2. The summed E-state index contributed by atoms with van der Waals surface area (Å²) in [5, 5.41) is 16.0. The highest BCUT2D eigenvalue weighted by Crippen LogP contribution is 2.36. The zero-order valence-electron chi connectivity index (χ0n) is 14.7. The van der Waals surface area contributed by atoms with E-state index in [1.54, 1.807) is 18.2 Å². The molecule has 2 amide bonds. The van der Waals surface area contributed by atoms with Gasteiger partial charge >= 0.3 is 11.8 Å². The maximum Gasteiger partial charge on any atom is 0.309 e. The van der Waals surface area contributed by atoms with Gasteiger partial charge in [-0.15, -0.1) is 0 Å². The highest BCUT2D eigenvalue weighted by atomic mass is 16.5. The largest absolute Gasteiger partial charge is 0.493 e. The SMILES string of the molecule is O=C(NCCN1CCOCC1)C(=O)NCC1(O)CCOc2ccccc21. The number of hydrogen-bond donors (Lipinski definition) is 3. The molecule has 3 N–H and O–H groups in total. The van der Waals surface area contributed by atoms with Crippen LogP contribution in [0.15, 0.2) is 24.3 Å². The number of hydrogen-bond acceptors (Lipinski definition) is 6. The summed E-state index contributed by atoms with van der Waals surface area (Å²) < 4.78 is 10.8. The predicted octanol–water partition coefficient (Wildman–Crippen LogP) is -0.779. The first-order valence-electron chi connectivity index (χ1n) is 8.89. The number of fused-ring (bicyclic) bond motifs is 1. The molecule has 1 fully saturated rings. The Morgan fingerprint density at radius 1 is 1.12 bits per heavy atom. The van der Waals surface area contributed by atoms with E-state index in [9.17, 15) is 14.7 Å². The molecule has 2 heterocycles. The van der Waals surface area contributed by atoms with Crippen LogP contribution < -0.4 is 15.4 Å². The van der Waals surface area contributed by atoms with Gasteiger partial charge in [-0.25, -0.2) is 0 Å². The molecule has 0 bridgehead atoms. The number of carbonyl (C=O) groups excluding carboxylic acids is 2. The number of benzene rings is 1. The van der Waals surface area contributed by atoms with Crippen molar-refractivity contribution in [2.45, 2.75) is 12.0 Å². The average Bonchev–Trinajstić information content (AvgIpc) is 2.67. The van der Waals surface area contributed by atoms with E-state index >= 15 is 0 Å². The van der Waals surface area contributed by atoms with Crippen molar-refractivity contribution in [3.8, 4) is 5.75 Å². The fourth-order valence-electron chi connectivity index (χ4n) is 3.16. The second-order valence-corrected chi connectivity index (χ2v) is 6.52. The van der Waals surface area contributed by atoms with Gasteiger partial charge in [0.05, 0.1) is 26.4 Å². The van der Waals surface area contributed by atoms with Gasteiger partial charge in [0.1, 0.15) is 11.4 Å². The monoisotopic (exact) mass is 363 g/mol. The third-order valence-corrected chi connectivity index (χ3v) is 4.73. The van der Waals surface area contributed by atoms with Crippen LogP contribution in [-0.2, 0) is 19.9 Å². The Bertz CT molecular complexity index is 647. The maximum absolute atomic E-state index is 12.0. The van der Waals surface area contributed by atoms with Crippen molar-refractivity contribution < 1.29 is 24.2 Å². The molecule has 0 spiro atoms. The number of ether oxygens (including phenoxy) is 2. The first-order chi connectivity index (χ1) is 12.6. The molecule has 8 nitrogen and oxygen atoms in total. The molecule has 1 atom stereocenters. The van der Waals surface area contributed by atoms with Gasteiger partial charge in [-0.05, 0) is 6.07 Å². The highest BCUT2D eigenvalue weighted by molar-refractivity contribution is 6.35. The van der Waals surface area contributed by atoms with Crippen LogP contribution in [0.1, 0.15) is 12.0 Å². The molecule has 26 heavy (non-hydrogen) atoms. The molecule has 0 radical (unpaired) electrons. The lowest BCUT2D eigenvalue weighted by molar-refractivity contribution is -0.140. The van der Waals surface area contributed by atoms with E-state index in [4.69, 9.17) is 9.47 Å². The summed E-state index contributed by atoms with van der Waals surface area (Å²) in [5.41, 5.74) is -0.613. The number of morpholine rings is 1. The maximum atomic E-state index is 12.0. The highest BCUT2D eigenvalue weighted by Gasteiger charge is 2.36. The minimum Gasteiger partial charge on any atom is -0.493 e. The van der Waals surface area contributed by atoms with E-state index < -0.39 is 17.4 Å². The number of amides is 2. The van der Waals surface area contributed by atoms with Gasteiger partial charge in [-0.3, -0.25) is 14.5 Å². The molecule has 1 unspecified atom stereocenters. The zero-order valence-corrected chi connectivity index (χ0v) is 14.7. The molecule has 1 aromatic carbocycles. The second kappa shape index (κ2) is 8.48. The predicted molar refractivity (Wildman–Crippen MR) is 93.7 cm³/mol. The number of para-hydroxylation sites is 1. The van der Waals surface area contributed by atoms with E-state index in [0.29, 0.717) is 50.6 Å². The van der Waals surface area contributed by atoms with E-state index in [-0.39, 0.29) is 6.54 Å². The Morgan fingerprint density at radius 2 is 1.85 bits per heavy atom. The first-order valence-corrected chi connectivity index (χ1v) is 8.89. The van der Waals surface area contributed by atoms with Crippen molar-refractivity contribution >= 4 is 11.8 Å². The van der Waals surface area contributed by atoms with Crippen molar-refractivity contribution in [2.75, 3.05) is 52.5 Å². The number of nitrogens with zero attached hydrogens (tertiary/aromatic N) is 1. The third kappa shape index (κ3) is 4.51. The molecule has 1 saturated heterocycles. The summed E-state index contributed by atoms with van der Waals surface area (Å²) in [6.07, 6.45) is 0.350. The lowest BCUT2D eigenvalue weighted by Crippen LogP contribution is -2.49. The minimum absolute atomic E-state index is 0.0386. The molecular formula is C18H25N3O5. The molecule has 3 rings (SSSR count). The lowest BCUT2D eigenvalue weighted by Gasteiger charge is -2.34. The topological polar surface area (TPSA) is 100 Å². The number of nitrogens with one attached hydrogen (secondary N) is 2. The molecule has 1 aromatic rings. The van der Waals surface area contributed by atoms with Crippen LogP contribution in [0.3, 0.4) is 0 Å². The summed E-state index contributed by atoms with van der Waals surface area (Å²) in [5.74, 6) is -0.836.